The topological polar surface area (TPSA) is 96.4 Å². The molecule has 3 fully saturated rings. The minimum atomic E-state index is -1.18. The summed E-state index contributed by atoms with van der Waals surface area (Å²) in [6, 6.07) is 7.54. The highest BCUT2D eigenvalue weighted by atomic mass is 16.6. The SMILES string of the molecule is C=CCCCCOC(=O)[C@@H]1[C@H]2C(=O)N([C@H](CO)c3ccccc3)C(C(=O)N(CC=C)CCCCC)C23CC[C@@]1(CC)O3. The van der Waals surface area contributed by atoms with E-state index in [2.05, 4.69) is 20.1 Å². The maximum atomic E-state index is 14.6. The van der Waals surface area contributed by atoms with Crippen molar-refractivity contribution < 1.29 is 29.0 Å². The van der Waals surface area contributed by atoms with Gasteiger partial charge in [0.05, 0.1) is 30.8 Å². The Balaban J connectivity index is 1.76. The molecule has 3 heterocycles. The molecule has 1 aromatic carbocycles. The molecule has 0 radical (unpaired) electrons. The van der Waals surface area contributed by atoms with Crippen molar-refractivity contribution in [2.45, 2.75) is 94.9 Å². The van der Waals surface area contributed by atoms with Crippen LogP contribution in [0, 0.1) is 11.8 Å². The zero-order valence-electron chi connectivity index (χ0n) is 25.3. The van der Waals surface area contributed by atoms with Crippen LogP contribution in [0.5, 0.6) is 0 Å². The van der Waals surface area contributed by atoms with Gasteiger partial charge in [-0.1, -0.05) is 69.2 Å². The van der Waals surface area contributed by atoms with Gasteiger partial charge in [-0.15, -0.1) is 13.2 Å². The molecule has 0 aromatic heterocycles. The van der Waals surface area contributed by atoms with Crippen LogP contribution in [0.25, 0.3) is 0 Å². The Morgan fingerprint density at radius 2 is 1.90 bits per heavy atom. The summed E-state index contributed by atoms with van der Waals surface area (Å²) in [4.78, 5) is 46.3. The van der Waals surface area contributed by atoms with Crippen molar-refractivity contribution in [2.75, 3.05) is 26.3 Å². The molecule has 1 N–H and O–H groups in total. The van der Waals surface area contributed by atoms with E-state index in [0.29, 0.717) is 38.8 Å². The highest BCUT2D eigenvalue weighted by Gasteiger charge is 2.79. The lowest BCUT2D eigenvalue weighted by Gasteiger charge is -2.39. The highest BCUT2D eigenvalue weighted by molar-refractivity contribution is 5.99. The van der Waals surface area contributed by atoms with Crippen molar-refractivity contribution in [1.29, 1.82) is 0 Å². The maximum Gasteiger partial charge on any atom is 0.312 e. The van der Waals surface area contributed by atoms with Crippen LogP contribution in [-0.4, -0.2) is 76.2 Å². The monoisotopic (exact) mass is 580 g/mol. The van der Waals surface area contributed by atoms with Crippen molar-refractivity contribution in [1.82, 2.24) is 9.80 Å². The Morgan fingerprint density at radius 1 is 1.14 bits per heavy atom. The summed E-state index contributed by atoms with van der Waals surface area (Å²) < 4.78 is 12.7. The molecular formula is C34H48N2O6. The van der Waals surface area contributed by atoms with Gasteiger partial charge >= 0.3 is 5.97 Å². The Morgan fingerprint density at radius 3 is 2.55 bits per heavy atom. The molecule has 2 unspecified atom stereocenters. The average molecular weight is 581 g/mol. The molecule has 3 saturated heterocycles. The standard InChI is InChI=1S/C34H48N2O6/c1-5-9-11-16-23-41-32(40)28-27-30(38)36(26(24-37)25-17-13-12-14-18-25)29(34(27)20-19-33(28,8-4)42-34)31(39)35(21-7-3)22-15-10-6-2/h5,7,12-14,17-18,26-29,37H,1,3,6,8-11,15-16,19-24H2,2,4H3/t26-,27+,28+,29?,33-,34?/m1/s1. The molecular weight excluding hydrogens is 532 g/mol. The average Bonchev–Trinajstić information content (AvgIpc) is 3.61. The van der Waals surface area contributed by atoms with Gasteiger partial charge in [-0.25, -0.2) is 0 Å². The number of rotatable bonds is 17. The van der Waals surface area contributed by atoms with Crippen LogP contribution in [0.3, 0.4) is 0 Å². The molecule has 6 atom stereocenters. The maximum absolute atomic E-state index is 14.6. The van der Waals surface area contributed by atoms with E-state index >= 15 is 0 Å². The summed E-state index contributed by atoms with van der Waals surface area (Å²) in [5.41, 5.74) is -1.32. The first kappa shape index (κ1) is 32.0. The lowest BCUT2D eigenvalue weighted by Crippen LogP contribution is -2.57. The van der Waals surface area contributed by atoms with Gasteiger partial charge in [-0.3, -0.25) is 14.4 Å². The largest absolute Gasteiger partial charge is 0.465 e. The van der Waals surface area contributed by atoms with Crippen LogP contribution >= 0.6 is 0 Å². The summed E-state index contributed by atoms with van der Waals surface area (Å²) in [5.74, 6) is -2.66. The second kappa shape index (κ2) is 14.0. The number of nitrogens with zero attached hydrogens (tertiary/aromatic N) is 2. The van der Waals surface area contributed by atoms with E-state index in [9.17, 15) is 19.5 Å². The molecule has 1 aromatic rings. The quantitative estimate of drug-likeness (QED) is 0.159. The van der Waals surface area contributed by atoms with Crippen molar-refractivity contribution in [3.05, 3.63) is 61.2 Å². The summed E-state index contributed by atoms with van der Waals surface area (Å²) in [6.07, 6.45) is 10.3. The Kier molecular flexibility index (Phi) is 10.7. The van der Waals surface area contributed by atoms with E-state index in [1.165, 1.54) is 4.90 Å². The molecule has 4 rings (SSSR count). The first-order chi connectivity index (χ1) is 20.4. The molecule has 2 amide bonds. The van der Waals surface area contributed by atoms with E-state index in [1.54, 1.807) is 11.0 Å². The molecule has 8 heteroatoms. The van der Waals surface area contributed by atoms with Crippen molar-refractivity contribution in [3.63, 3.8) is 0 Å². The molecule has 1 spiro atoms. The van der Waals surface area contributed by atoms with Gasteiger partial charge in [0.25, 0.3) is 0 Å². The lowest BCUT2D eigenvalue weighted by atomic mass is 9.65. The van der Waals surface area contributed by atoms with Gasteiger partial charge in [0.15, 0.2) is 0 Å². The van der Waals surface area contributed by atoms with E-state index < -0.39 is 41.1 Å². The summed E-state index contributed by atoms with van der Waals surface area (Å²) in [6.45, 7) is 12.5. The first-order valence-corrected chi connectivity index (χ1v) is 15.7. The fourth-order valence-electron chi connectivity index (χ4n) is 7.49. The summed E-state index contributed by atoms with van der Waals surface area (Å²) in [5, 5.41) is 10.7. The first-order valence-electron chi connectivity index (χ1n) is 15.7. The molecule has 0 saturated carbocycles. The third-order valence-electron chi connectivity index (χ3n) is 9.54. The lowest BCUT2D eigenvalue weighted by molar-refractivity contribution is -0.163. The van der Waals surface area contributed by atoms with Crippen LogP contribution in [0.1, 0.15) is 83.2 Å². The Labute approximate surface area is 250 Å². The fraction of sp³-hybridized carbons (Fsp3) is 0.618. The normalized spacial score (nSPS) is 28.4. The van der Waals surface area contributed by atoms with Crippen LogP contribution in [0.15, 0.2) is 55.6 Å². The fourth-order valence-corrected chi connectivity index (χ4v) is 7.49. The molecule has 3 aliphatic rings. The number of hydrogen-bond donors (Lipinski definition) is 1. The number of esters is 1. The van der Waals surface area contributed by atoms with Gasteiger partial charge in [-0.2, -0.15) is 0 Å². The van der Waals surface area contributed by atoms with Crippen LogP contribution < -0.4 is 0 Å². The number of amides is 2. The second-order valence-corrected chi connectivity index (χ2v) is 11.9. The van der Waals surface area contributed by atoms with Crippen molar-refractivity contribution in [3.8, 4) is 0 Å². The number of allylic oxidation sites excluding steroid dienone is 1. The minimum Gasteiger partial charge on any atom is -0.465 e. The number of unbranched alkanes of at least 4 members (excludes halogenated alkanes) is 4. The number of aliphatic hydroxyl groups is 1. The van der Waals surface area contributed by atoms with Gasteiger partial charge in [0, 0.05) is 13.1 Å². The minimum absolute atomic E-state index is 0.221. The van der Waals surface area contributed by atoms with E-state index in [1.807, 2.05) is 43.3 Å². The number of fused-ring (bicyclic) bond motifs is 1. The zero-order valence-corrected chi connectivity index (χ0v) is 25.3. The van der Waals surface area contributed by atoms with Crippen LogP contribution in [-0.2, 0) is 23.9 Å². The number of carbonyl (C=O) groups excluding carboxylic acids is 3. The predicted molar refractivity (Wildman–Crippen MR) is 161 cm³/mol. The van der Waals surface area contributed by atoms with Gasteiger partial charge in [0.1, 0.15) is 17.6 Å². The van der Waals surface area contributed by atoms with Crippen molar-refractivity contribution >= 4 is 17.8 Å². The number of ether oxygens (including phenoxy) is 2. The molecule has 3 aliphatic heterocycles. The Bertz CT molecular complexity index is 1120. The number of carbonyl (C=O) groups is 3. The van der Waals surface area contributed by atoms with E-state index in [4.69, 9.17) is 9.47 Å². The van der Waals surface area contributed by atoms with Crippen LogP contribution in [0.4, 0.5) is 0 Å². The zero-order chi connectivity index (χ0) is 30.3. The number of benzene rings is 1. The molecule has 2 bridgehead atoms. The smallest absolute Gasteiger partial charge is 0.312 e. The van der Waals surface area contributed by atoms with E-state index in [0.717, 1.165) is 37.7 Å². The van der Waals surface area contributed by atoms with Crippen LogP contribution in [0.2, 0.25) is 0 Å². The van der Waals surface area contributed by atoms with Gasteiger partial charge in [-0.05, 0) is 50.5 Å². The molecule has 230 valence electrons. The second-order valence-electron chi connectivity index (χ2n) is 11.9. The van der Waals surface area contributed by atoms with Crippen molar-refractivity contribution in [2.24, 2.45) is 11.8 Å². The van der Waals surface area contributed by atoms with Gasteiger partial charge in [0.2, 0.25) is 11.8 Å². The predicted octanol–water partition coefficient (Wildman–Crippen LogP) is 4.98. The molecule has 8 nitrogen and oxygen atoms in total. The number of hydrogen-bond acceptors (Lipinski definition) is 6. The van der Waals surface area contributed by atoms with E-state index in [-0.39, 0.29) is 25.0 Å². The number of likely N-dealkylation sites (tertiary alicyclic amines) is 1. The highest BCUT2D eigenvalue weighted by Crippen LogP contribution is 2.65. The summed E-state index contributed by atoms with van der Waals surface area (Å²) in [7, 11) is 0. The molecule has 42 heavy (non-hydrogen) atoms. The summed E-state index contributed by atoms with van der Waals surface area (Å²) >= 11 is 0. The van der Waals surface area contributed by atoms with Gasteiger partial charge < -0.3 is 24.4 Å². The third-order valence-corrected chi connectivity index (χ3v) is 9.54. The molecule has 0 aliphatic carbocycles. The Hall–Kier alpha value is -2.97. The third kappa shape index (κ3) is 5.68. The number of aliphatic hydroxyl groups excluding tert-OH is 1.